The molecule has 0 radical (unpaired) electrons. The van der Waals surface area contributed by atoms with Crippen molar-refractivity contribution in [3.63, 3.8) is 0 Å². The van der Waals surface area contributed by atoms with E-state index in [0.717, 1.165) is 35.1 Å². The van der Waals surface area contributed by atoms with E-state index in [9.17, 15) is 14.4 Å². The number of carbonyl (C=O) groups excluding carboxylic acids is 2. The zero-order valence-electron chi connectivity index (χ0n) is 17.9. The van der Waals surface area contributed by atoms with Gasteiger partial charge in [-0.15, -0.1) is 0 Å². The highest BCUT2D eigenvalue weighted by molar-refractivity contribution is 5.88. The number of hydrogen-bond donors (Lipinski definition) is 0. The average Bonchev–Trinajstić information content (AvgIpc) is 2.62. The number of fused-ring (bicyclic) bond motifs is 2. The molecule has 1 aliphatic heterocycles. The lowest BCUT2D eigenvalue weighted by Gasteiger charge is -2.32. The quantitative estimate of drug-likeness (QED) is 0.736. The van der Waals surface area contributed by atoms with Crippen molar-refractivity contribution in [2.24, 2.45) is 0 Å². The molecule has 2 amide bonds. The third-order valence-corrected chi connectivity index (χ3v) is 5.48. The van der Waals surface area contributed by atoms with Gasteiger partial charge in [0.05, 0.1) is 18.5 Å². The molecule has 29 heavy (non-hydrogen) atoms. The van der Waals surface area contributed by atoms with Gasteiger partial charge < -0.3 is 19.0 Å². The fourth-order valence-electron chi connectivity index (χ4n) is 3.46. The fourth-order valence-corrected chi connectivity index (χ4v) is 3.46. The summed E-state index contributed by atoms with van der Waals surface area (Å²) in [6, 6.07) is 3.76. The van der Waals surface area contributed by atoms with Gasteiger partial charge in [0, 0.05) is 32.6 Å². The van der Waals surface area contributed by atoms with Crippen LogP contribution in [0.25, 0.3) is 11.0 Å². The van der Waals surface area contributed by atoms with Crippen molar-refractivity contribution in [2.45, 2.75) is 45.6 Å². The molecule has 2 aromatic rings. The normalized spacial score (nSPS) is 14.8. The Kier molecular flexibility index (Phi) is 5.43. The molecule has 0 N–H and O–H groups in total. The molecule has 0 atom stereocenters. The van der Waals surface area contributed by atoms with E-state index in [1.807, 2.05) is 26.8 Å². The lowest BCUT2D eigenvalue weighted by molar-refractivity contribution is -0.137. The molecule has 7 nitrogen and oxygen atoms in total. The fraction of sp³-hybridized carbons (Fsp3) is 0.500. The molecule has 1 aromatic carbocycles. The van der Waals surface area contributed by atoms with Crippen molar-refractivity contribution in [3.8, 4) is 5.75 Å². The molecule has 0 aliphatic carbocycles. The van der Waals surface area contributed by atoms with Crippen molar-refractivity contribution in [1.29, 1.82) is 0 Å². The van der Waals surface area contributed by atoms with Crippen LogP contribution in [0.4, 0.5) is 0 Å². The zero-order valence-corrected chi connectivity index (χ0v) is 17.9. The van der Waals surface area contributed by atoms with Crippen molar-refractivity contribution in [2.75, 3.05) is 27.7 Å². The maximum absolute atomic E-state index is 12.6. The number of nitrogens with zero attached hydrogens (tertiary/aromatic N) is 2. The minimum atomic E-state index is -0.536. The van der Waals surface area contributed by atoms with E-state index < -0.39 is 5.63 Å². The van der Waals surface area contributed by atoms with E-state index in [-0.39, 0.29) is 30.4 Å². The Labute approximate surface area is 170 Å². The van der Waals surface area contributed by atoms with E-state index in [0.29, 0.717) is 11.1 Å². The molecule has 1 aromatic heterocycles. The largest absolute Gasteiger partial charge is 0.487 e. The van der Waals surface area contributed by atoms with Gasteiger partial charge in [0.25, 0.3) is 0 Å². The summed E-state index contributed by atoms with van der Waals surface area (Å²) in [4.78, 5) is 39.7. The first-order chi connectivity index (χ1) is 13.5. The standard InChI is InChI=1S/C22H28N2O5/c1-13-15-9-14-7-8-22(2,3)29-17(14)11-18(15)28-21(27)16(13)10-19(25)24(6)12-20(26)23(4)5/h9,11H,7-8,10,12H2,1-6H3. The predicted octanol–water partition coefficient (Wildman–Crippen LogP) is 2.29. The van der Waals surface area contributed by atoms with Gasteiger partial charge in [0.1, 0.15) is 16.9 Å². The molecule has 0 saturated heterocycles. The summed E-state index contributed by atoms with van der Waals surface area (Å²) in [6.07, 6.45) is 1.67. The minimum absolute atomic E-state index is 0.0373. The van der Waals surface area contributed by atoms with Gasteiger partial charge in [-0.25, -0.2) is 4.79 Å². The zero-order chi connectivity index (χ0) is 21.5. The molecule has 0 fully saturated rings. The van der Waals surface area contributed by atoms with Crippen LogP contribution in [0, 0.1) is 6.92 Å². The Morgan fingerprint density at radius 3 is 2.48 bits per heavy atom. The number of carbonyl (C=O) groups is 2. The van der Waals surface area contributed by atoms with Gasteiger partial charge in [-0.2, -0.15) is 0 Å². The minimum Gasteiger partial charge on any atom is -0.487 e. The van der Waals surface area contributed by atoms with E-state index in [2.05, 4.69) is 0 Å². The van der Waals surface area contributed by atoms with Gasteiger partial charge in [-0.3, -0.25) is 9.59 Å². The number of likely N-dealkylation sites (N-methyl/N-ethyl adjacent to an activating group) is 2. The highest BCUT2D eigenvalue weighted by Crippen LogP contribution is 2.36. The van der Waals surface area contributed by atoms with Crippen LogP contribution in [0.2, 0.25) is 0 Å². The topological polar surface area (TPSA) is 80.1 Å². The molecule has 156 valence electrons. The van der Waals surface area contributed by atoms with Crippen LogP contribution in [-0.4, -0.2) is 54.9 Å². The van der Waals surface area contributed by atoms with E-state index in [4.69, 9.17) is 9.15 Å². The molecular formula is C22H28N2O5. The van der Waals surface area contributed by atoms with E-state index in [1.54, 1.807) is 27.2 Å². The number of hydrogen-bond acceptors (Lipinski definition) is 5. The third kappa shape index (κ3) is 4.28. The Bertz CT molecular complexity index is 1040. The second-order valence-electron chi connectivity index (χ2n) is 8.53. The SMILES string of the molecule is Cc1c(CC(=O)N(C)CC(=O)N(C)C)c(=O)oc2cc3c(cc12)CCC(C)(C)O3. The predicted molar refractivity (Wildman–Crippen MR) is 110 cm³/mol. The Morgan fingerprint density at radius 1 is 1.14 bits per heavy atom. The Morgan fingerprint density at radius 2 is 1.83 bits per heavy atom. The third-order valence-electron chi connectivity index (χ3n) is 5.48. The van der Waals surface area contributed by atoms with E-state index >= 15 is 0 Å². The lowest BCUT2D eigenvalue weighted by atomic mass is 9.92. The van der Waals surface area contributed by atoms with Crippen LogP contribution in [0.5, 0.6) is 5.75 Å². The van der Waals surface area contributed by atoms with Crippen molar-refractivity contribution < 1.29 is 18.7 Å². The highest BCUT2D eigenvalue weighted by Gasteiger charge is 2.28. The lowest BCUT2D eigenvalue weighted by Crippen LogP contribution is -2.39. The molecule has 7 heteroatoms. The summed E-state index contributed by atoms with van der Waals surface area (Å²) in [5, 5.41) is 0.807. The van der Waals surface area contributed by atoms with Gasteiger partial charge in [0.15, 0.2) is 0 Å². The Balaban J connectivity index is 1.93. The maximum atomic E-state index is 12.6. The van der Waals surface area contributed by atoms with Crippen LogP contribution >= 0.6 is 0 Å². The molecule has 0 bridgehead atoms. The second kappa shape index (κ2) is 7.54. The van der Waals surface area contributed by atoms with Gasteiger partial charge >= 0.3 is 5.63 Å². The van der Waals surface area contributed by atoms with Gasteiger partial charge in [-0.1, -0.05) is 0 Å². The van der Waals surface area contributed by atoms with Crippen molar-refractivity contribution in [1.82, 2.24) is 9.80 Å². The number of aryl methyl sites for hydroxylation is 2. The van der Waals surface area contributed by atoms with Crippen LogP contribution < -0.4 is 10.4 Å². The van der Waals surface area contributed by atoms with Gasteiger partial charge in [0.2, 0.25) is 11.8 Å². The monoisotopic (exact) mass is 400 g/mol. The summed E-state index contributed by atoms with van der Waals surface area (Å²) in [5.41, 5.74) is 1.78. The van der Waals surface area contributed by atoms with Crippen LogP contribution in [-0.2, 0) is 22.4 Å². The molecule has 0 saturated carbocycles. The molecular weight excluding hydrogens is 372 g/mol. The Hall–Kier alpha value is -2.83. The first kappa shape index (κ1) is 20.9. The molecule has 2 heterocycles. The second-order valence-corrected chi connectivity index (χ2v) is 8.53. The first-order valence-corrected chi connectivity index (χ1v) is 9.71. The number of rotatable bonds is 4. The van der Waals surface area contributed by atoms with Crippen LogP contribution in [0.15, 0.2) is 21.3 Å². The number of benzene rings is 1. The summed E-state index contributed by atoms with van der Waals surface area (Å²) >= 11 is 0. The summed E-state index contributed by atoms with van der Waals surface area (Å²) in [7, 11) is 4.82. The van der Waals surface area contributed by atoms with Gasteiger partial charge in [-0.05, 0) is 50.8 Å². The molecule has 0 spiro atoms. The maximum Gasteiger partial charge on any atom is 0.340 e. The summed E-state index contributed by atoms with van der Waals surface area (Å²) in [6.45, 7) is 5.86. The summed E-state index contributed by atoms with van der Waals surface area (Å²) in [5.74, 6) is 0.248. The molecule has 1 aliphatic rings. The van der Waals surface area contributed by atoms with Crippen molar-refractivity contribution >= 4 is 22.8 Å². The number of ether oxygens (including phenoxy) is 1. The van der Waals surface area contributed by atoms with E-state index in [1.165, 1.54) is 9.80 Å². The van der Waals surface area contributed by atoms with Crippen LogP contribution in [0.1, 0.15) is 37.0 Å². The summed E-state index contributed by atoms with van der Waals surface area (Å²) < 4.78 is 11.6. The van der Waals surface area contributed by atoms with Crippen molar-refractivity contribution in [3.05, 3.63) is 39.2 Å². The van der Waals surface area contributed by atoms with Crippen LogP contribution in [0.3, 0.4) is 0 Å². The average molecular weight is 400 g/mol. The first-order valence-electron chi connectivity index (χ1n) is 9.71. The number of amides is 2. The molecule has 0 unspecified atom stereocenters. The molecule has 3 rings (SSSR count). The smallest absolute Gasteiger partial charge is 0.340 e. The highest BCUT2D eigenvalue weighted by atomic mass is 16.5.